The van der Waals surface area contributed by atoms with Crippen molar-refractivity contribution in [3.8, 4) is 0 Å². The largest absolute Gasteiger partial charge is 0.351 e. The van der Waals surface area contributed by atoms with Gasteiger partial charge in [-0.2, -0.15) is 0 Å². The second-order valence-corrected chi connectivity index (χ2v) is 6.27. The van der Waals surface area contributed by atoms with Crippen molar-refractivity contribution in [1.29, 1.82) is 0 Å². The van der Waals surface area contributed by atoms with Crippen LogP contribution in [0.4, 0.5) is 5.82 Å². The van der Waals surface area contributed by atoms with Gasteiger partial charge in [0.2, 0.25) is 0 Å². The van der Waals surface area contributed by atoms with Gasteiger partial charge >= 0.3 is 5.56 Å². The van der Waals surface area contributed by atoms with Crippen LogP contribution in [-0.4, -0.2) is 23.1 Å². The molecule has 0 spiro atoms. The number of para-hydroxylation sites is 1. The Kier molecular flexibility index (Phi) is 3.09. The third-order valence-corrected chi connectivity index (χ3v) is 4.95. The molecule has 1 aliphatic carbocycles. The Bertz CT molecular complexity index is 716. The zero-order valence-corrected chi connectivity index (χ0v) is 12.0. The number of hydrogen-bond donors (Lipinski definition) is 0. The van der Waals surface area contributed by atoms with Crippen LogP contribution in [0.3, 0.4) is 0 Å². The first-order chi connectivity index (χ1) is 10.3. The van der Waals surface area contributed by atoms with Crippen LogP contribution < -0.4 is 10.5 Å². The predicted octanol–water partition coefficient (Wildman–Crippen LogP) is 2.62. The van der Waals surface area contributed by atoms with Crippen LogP contribution in [0.2, 0.25) is 0 Å². The van der Waals surface area contributed by atoms with E-state index in [1.807, 2.05) is 24.3 Å². The second-order valence-electron chi connectivity index (χ2n) is 6.27. The first-order valence-corrected chi connectivity index (χ1v) is 7.82. The van der Waals surface area contributed by atoms with Crippen molar-refractivity contribution >= 4 is 16.7 Å². The summed E-state index contributed by atoms with van der Waals surface area (Å²) < 4.78 is 0. The van der Waals surface area contributed by atoms with E-state index >= 15 is 0 Å². The molecular weight excluding hydrogens is 262 g/mol. The van der Waals surface area contributed by atoms with Gasteiger partial charge in [-0.05, 0) is 30.7 Å². The van der Waals surface area contributed by atoms with Crippen LogP contribution in [0.5, 0.6) is 0 Å². The highest BCUT2D eigenvalue weighted by molar-refractivity contribution is 5.77. The van der Waals surface area contributed by atoms with Crippen LogP contribution in [0.1, 0.15) is 25.7 Å². The maximum Gasteiger partial charge on any atom is 0.313 e. The second kappa shape index (κ2) is 5.10. The first-order valence-electron chi connectivity index (χ1n) is 7.82. The van der Waals surface area contributed by atoms with Crippen molar-refractivity contribution in [1.82, 2.24) is 9.97 Å². The lowest BCUT2D eigenvalue weighted by molar-refractivity contribution is 0.299. The van der Waals surface area contributed by atoms with Crippen LogP contribution in [0.25, 0.3) is 10.9 Å². The molecule has 2 fully saturated rings. The maximum atomic E-state index is 12.4. The molecule has 4 nitrogen and oxygen atoms in total. The quantitative estimate of drug-likeness (QED) is 0.806. The normalized spacial score (nSPS) is 25.0. The number of aromatic nitrogens is 2. The van der Waals surface area contributed by atoms with E-state index in [4.69, 9.17) is 0 Å². The Balaban J connectivity index is 1.74. The molecule has 4 rings (SSSR count). The van der Waals surface area contributed by atoms with Crippen LogP contribution in [-0.2, 0) is 0 Å². The van der Waals surface area contributed by atoms with E-state index < -0.39 is 0 Å². The molecule has 4 heteroatoms. The Labute approximate surface area is 123 Å². The van der Waals surface area contributed by atoms with E-state index in [1.165, 1.54) is 25.7 Å². The minimum Gasteiger partial charge on any atom is -0.351 e. The zero-order chi connectivity index (χ0) is 14.2. The number of nitrogens with zero attached hydrogens (tertiary/aromatic N) is 3. The van der Waals surface area contributed by atoms with Crippen molar-refractivity contribution in [2.24, 2.45) is 11.8 Å². The molecule has 1 saturated carbocycles. The summed E-state index contributed by atoms with van der Waals surface area (Å²) in [6.45, 7) is 1.93. The van der Waals surface area contributed by atoms with Crippen molar-refractivity contribution in [2.75, 3.05) is 18.0 Å². The van der Waals surface area contributed by atoms with Gasteiger partial charge < -0.3 is 4.90 Å². The third kappa shape index (κ3) is 2.28. The van der Waals surface area contributed by atoms with Crippen LogP contribution in [0.15, 0.2) is 35.3 Å². The van der Waals surface area contributed by atoms with E-state index in [0.717, 1.165) is 35.8 Å². The molecule has 21 heavy (non-hydrogen) atoms. The lowest BCUT2D eigenvalue weighted by Crippen LogP contribution is -2.27. The number of benzene rings is 1. The molecule has 1 aliphatic heterocycles. The van der Waals surface area contributed by atoms with Gasteiger partial charge in [-0.3, -0.25) is 4.79 Å². The summed E-state index contributed by atoms with van der Waals surface area (Å²) >= 11 is 0. The maximum absolute atomic E-state index is 12.4. The Morgan fingerprint density at radius 2 is 1.76 bits per heavy atom. The van der Waals surface area contributed by atoms with Gasteiger partial charge in [0.25, 0.3) is 0 Å². The minimum absolute atomic E-state index is 0.199. The fourth-order valence-corrected chi connectivity index (χ4v) is 3.84. The van der Waals surface area contributed by atoms with Crippen molar-refractivity contribution in [2.45, 2.75) is 25.7 Å². The molecule has 108 valence electrons. The van der Waals surface area contributed by atoms with Gasteiger partial charge in [0.1, 0.15) is 0 Å². The van der Waals surface area contributed by atoms with Crippen LogP contribution in [0, 0.1) is 11.8 Å². The average molecular weight is 281 g/mol. The van der Waals surface area contributed by atoms with Gasteiger partial charge in [0.15, 0.2) is 5.82 Å². The summed E-state index contributed by atoms with van der Waals surface area (Å²) in [4.78, 5) is 23.3. The Morgan fingerprint density at radius 1 is 1.05 bits per heavy atom. The molecule has 2 heterocycles. The van der Waals surface area contributed by atoms with Gasteiger partial charge in [0, 0.05) is 24.7 Å². The molecule has 2 aromatic rings. The standard InChI is InChI=1S/C17H19N3O/c21-17-16(18-9-12-5-3-4-8-15(12)19-17)20-10-13-6-1-2-7-14(13)11-20/h3-5,8-9,13-14H,1-2,6-7,10-11H2/t13-,14+. The molecule has 1 saturated heterocycles. The molecule has 1 aromatic carbocycles. The van der Waals surface area contributed by atoms with Gasteiger partial charge in [-0.15, -0.1) is 0 Å². The summed E-state index contributed by atoms with van der Waals surface area (Å²) in [5.41, 5.74) is 0.521. The highest BCUT2D eigenvalue weighted by Gasteiger charge is 2.35. The van der Waals surface area contributed by atoms with E-state index in [9.17, 15) is 4.79 Å². The summed E-state index contributed by atoms with van der Waals surface area (Å²) in [7, 11) is 0. The molecule has 0 unspecified atom stereocenters. The van der Waals surface area contributed by atoms with Gasteiger partial charge in [-0.1, -0.05) is 31.0 Å². The number of anilines is 1. The topological polar surface area (TPSA) is 46.1 Å². The van der Waals surface area contributed by atoms with Crippen molar-refractivity contribution < 1.29 is 0 Å². The molecule has 0 radical (unpaired) electrons. The monoisotopic (exact) mass is 281 g/mol. The van der Waals surface area contributed by atoms with E-state index in [2.05, 4.69) is 14.9 Å². The number of hydrogen-bond acceptors (Lipinski definition) is 4. The molecule has 2 aliphatic rings. The highest BCUT2D eigenvalue weighted by Crippen LogP contribution is 2.36. The molecule has 0 amide bonds. The SMILES string of the molecule is O=c1nc2ccccc2cnc1N1C[C@H]2CCCC[C@H]2C1. The molecule has 2 atom stereocenters. The van der Waals surface area contributed by atoms with E-state index in [0.29, 0.717) is 5.82 Å². The van der Waals surface area contributed by atoms with Crippen LogP contribution >= 0.6 is 0 Å². The number of fused-ring (bicyclic) bond motifs is 2. The van der Waals surface area contributed by atoms with E-state index in [-0.39, 0.29) is 5.56 Å². The highest BCUT2D eigenvalue weighted by atomic mass is 16.1. The van der Waals surface area contributed by atoms with Crippen molar-refractivity contribution in [3.05, 3.63) is 40.8 Å². The molecule has 0 bridgehead atoms. The lowest BCUT2D eigenvalue weighted by atomic mass is 9.82. The fraction of sp³-hybridized carbons (Fsp3) is 0.471. The summed E-state index contributed by atoms with van der Waals surface area (Å²) in [5.74, 6) is 2.00. The lowest BCUT2D eigenvalue weighted by Gasteiger charge is -2.22. The predicted molar refractivity (Wildman–Crippen MR) is 83.5 cm³/mol. The molecular formula is C17H19N3O. The van der Waals surface area contributed by atoms with E-state index in [1.54, 1.807) is 6.20 Å². The Hall–Kier alpha value is -1.97. The number of rotatable bonds is 1. The Morgan fingerprint density at radius 3 is 2.52 bits per heavy atom. The third-order valence-electron chi connectivity index (χ3n) is 4.95. The summed E-state index contributed by atoms with van der Waals surface area (Å²) in [5, 5.41) is 0.914. The minimum atomic E-state index is -0.199. The summed E-state index contributed by atoms with van der Waals surface area (Å²) in [6, 6.07) is 7.66. The zero-order valence-electron chi connectivity index (χ0n) is 12.0. The smallest absolute Gasteiger partial charge is 0.313 e. The first kappa shape index (κ1) is 12.7. The van der Waals surface area contributed by atoms with Gasteiger partial charge in [-0.25, -0.2) is 9.97 Å². The summed E-state index contributed by atoms with van der Waals surface area (Å²) in [6.07, 6.45) is 7.03. The average Bonchev–Trinajstić information content (AvgIpc) is 2.84. The van der Waals surface area contributed by atoms with Crippen molar-refractivity contribution in [3.63, 3.8) is 0 Å². The molecule has 1 aromatic heterocycles. The van der Waals surface area contributed by atoms with Gasteiger partial charge in [0.05, 0.1) is 5.52 Å². The molecule has 0 N–H and O–H groups in total. The fourth-order valence-electron chi connectivity index (χ4n) is 3.84.